The summed E-state index contributed by atoms with van der Waals surface area (Å²) >= 11 is 0. The van der Waals surface area contributed by atoms with E-state index in [0.717, 1.165) is 48.2 Å². The highest BCUT2D eigenvalue weighted by Gasteiger charge is 2.37. The van der Waals surface area contributed by atoms with Gasteiger partial charge in [0.15, 0.2) is 5.78 Å². The zero-order valence-electron chi connectivity index (χ0n) is 23.4. The zero-order chi connectivity index (χ0) is 27.4. The number of allylic oxidation sites excluding steroid dienone is 12. The molecule has 39 heavy (non-hydrogen) atoms. The Morgan fingerprint density at radius 2 is 1.56 bits per heavy atom. The van der Waals surface area contributed by atoms with Gasteiger partial charge < -0.3 is 4.90 Å². The van der Waals surface area contributed by atoms with Gasteiger partial charge in [0.2, 0.25) is 0 Å². The van der Waals surface area contributed by atoms with E-state index < -0.39 is 0 Å². The number of nitriles is 1. The lowest BCUT2D eigenvalue weighted by Gasteiger charge is -2.30. The third-order valence-corrected chi connectivity index (χ3v) is 8.47. The molecule has 2 heterocycles. The van der Waals surface area contributed by atoms with Crippen LogP contribution in [-0.4, -0.2) is 23.9 Å². The van der Waals surface area contributed by atoms with E-state index in [2.05, 4.69) is 69.9 Å². The Labute approximate surface area is 231 Å². The van der Waals surface area contributed by atoms with Gasteiger partial charge in [-0.25, -0.2) is 4.98 Å². The number of carbonyl (C=O) groups excluding carboxylic acids is 1. The van der Waals surface area contributed by atoms with Gasteiger partial charge >= 0.3 is 0 Å². The van der Waals surface area contributed by atoms with Gasteiger partial charge in [0.25, 0.3) is 0 Å². The Morgan fingerprint density at radius 1 is 0.846 bits per heavy atom. The Hall–Kier alpha value is -4.23. The minimum Gasteiger partial charge on any atom is -0.355 e. The van der Waals surface area contributed by atoms with Crippen LogP contribution >= 0.6 is 0 Å². The molecule has 2 aromatic rings. The average molecular weight is 512 g/mol. The van der Waals surface area contributed by atoms with Gasteiger partial charge in [0, 0.05) is 29.8 Å². The van der Waals surface area contributed by atoms with E-state index in [-0.39, 0.29) is 5.78 Å². The molecule has 3 aliphatic carbocycles. The van der Waals surface area contributed by atoms with Crippen molar-refractivity contribution in [2.75, 3.05) is 18.0 Å². The van der Waals surface area contributed by atoms with Crippen LogP contribution in [0.3, 0.4) is 0 Å². The maximum atomic E-state index is 14.0. The zero-order valence-corrected chi connectivity index (χ0v) is 23.4. The molecule has 1 saturated heterocycles. The summed E-state index contributed by atoms with van der Waals surface area (Å²) in [5.74, 6) is 0.655. The number of hydrogen-bond donors (Lipinski definition) is 0. The maximum Gasteiger partial charge on any atom is 0.196 e. The lowest BCUT2D eigenvalue weighted by atomic mass is 9.86. The molecule has 0 spiro atoms. The van der Waals surface area contributed by atoms with Crippen LogP contribution < -0.4 is 4.90 Å². The van der Waals surface area contributed by atoms with E-state index in [1.165, 1.54) is 39.9 Å². The largest absolute Gasteiger partial charge is 0.355 e. The summed E-state index contributed by atoms with van der Waals surface area (Å²) in [7, 11) is 0. The average Bonchev–Trinajstić information content (AvgIpc) is 3.07. The van der Waals surface area contributed by atoms with Crippen molar-refractivity contribution in [3.63, 3.8) is 0 Å². The van der Waals surface area contributed by atoms with E-state index in [4.69, 9.17) is 4.98 Å². The molecule has 0 radical (unpaired) electrons. The first-order valence-electron chi connectivity index (χ1n) is 13.9. The second kappa shape index (κ2) is 9.50. The van der Waals surface area contributed by atoms with Crippen LogP contribution in [-0.2, 0) is 0 Å². The second-order valence-corrected chi connectivity index (χ2v) is 11.1. The third-order valence-electron chi connectivity index (χ3n) is 8.47. The summed E-state index contributed by atoms with van der Waals surface area (Å²) in [6.07, 6.45) is 12.1. The van der Waals surface area contributed by atoms with Crippen LogP contribution in [0, 0.1) is 11.3 Å². The third kappa shape index (κ3) is 3.88. The van der Waals surface area contributed by atoms with Gasteiger partial charge in [-0.2, -0.15) is 5.26 Å². The van der Waals surface area contributed by atoms with E-state index >= 15 is 0 Å². The van der Waals surface area contributed by atoms with E-state index in [1.54, 1.807) is 0 Å². The van der Waals surface area contributed by atoms with Gasteiger partial charge in [-0.3, -0.25) is 4.79 Å². The standard InChI is InChI=1S/C35H33N3O/c1-20-17-22(3)29-21(2)13-14-25(24(5)30(29)23(4)18-20)33-32-31(26-11-7-8-12-27(26)34(32)39)28(19-36)35(37-33)38-15-9-6-10-16-38/h7-8,11-14,17-18H,6,9-10,15-16H2,1-5H3. The van der Waals surface area contributed by atoms with Gasteiger partial charge in [-0.1, -0.05) is 54.1 Å². The molecule has 1 aromatic carbocycles. The van der Waals surface area contributed by atoms with Crippen LogP contribution in [0.5, 0.6) is 0 Å². The highest BCUT2D eigenvalue weighted by atomic mass is 16.1. The highest BCUT2D eigenvalue weighted by molar-refractivity contribution is 6.25. The minimum atomic E-state index is -0.0500. The summed E-state index contributed by atoms with van der Waals surface area (Å²) in [5, 5.41) is 10.5. The molecule has 0 bridgehead atoms. The number of hydrogen-bond acceptors (Lipinski definition) is 4. The van der Waals surface area contributed by atoms with Crippen molar-refractivity contribution in [3.8, 4) is 17.2 Å². The number of pyridine rings is 1. The number of rotatable bonds is 2. The van der Waals surface area contributed by atoms with Gasteiger partial charge in [-0.15, -0.1) is 0 Å². The van der Waals surface area contributed by atoms with Crippen LogP contribution in [0.4, 0.5) is 5.82 Å². The van der Waals surface area contributed by atoms with Crippen LogP contribution in [0.2, 0.25) is 0 Å². The summed E-state index contributed by atoms with van der Waals surface area (Å²) in [5.41, 5.74) is 13.3. The molecule has 1 fully saturated rings. The van der Waals surface area contributed by atoms with Crippen molar-refractivity contribution in [1.29, 1.82) is 5.26 Å². The normalized spacial score (nSPS) is 18.8. The van der Waals surface area contributed by atoms with E-state index in [0.29, 0.717) is 28.2 Å². The highest BCUT2D eigenvalue weighted by Crippen LogP contribution is 2.47. The van der Waals surface area contributed by atoms with Crippen molar-refractivity contribution >= 4 is 17.2 Å². The monoisotopic (exact) mass is 511 g/mol. The fourth-order valence-electron chi connectivity index (χ4n) is 6.80. The molecule has 0 N–H and O–H groups in total. The number of carbonyl (C=O) groups is 1. The molecular weight excluding hydrogens is 478 g/mol. The number of nitrogens with zero attached hydrogens (tertiary/aromatic N) is 3. The number of benzene rings is 1. The summed E-state index contributed by atoms with van der Waals surface area (Å²) in [6, 6.07) is 10.1. The molecule has 0 amide bonds. The predicted octanol–water partition coefficient (Wildman–Crippen LogP) is 8.04. The Morgan fingerprint density at radius 3 is 2.28 bits per heavy atom. The molecule has 0 saturated carbocycles. The molecule has 1 aromatic heterocycles. The molecule has 6 rings (SSSR count). The first-order valence-corrected chi connectivity index (χ1v) is 13.9. The predicted molar refractivity (Wildman–Crippen MR) is 159 cm³/mol. The quantitative estimate of drug-likeness (QED) is 0.349. The number of piperidine rings is 1. The molecule has 4 nitrogen and oxygen atoms in total. The van der Waals surface area contributed by atoms with Gasteiger partial charge in [0.05, 0.1) is 11.3 Å². The number of ketones is 1. The molecule has 0 atom stereocenters. The molecular formula is C35H33N3O. The van der Waals surface area contributed by atoms with Crippen LogP contribution in [0.1, 0.15) is 81.1 Å². The fourth-order valence-corrected chi connectivity index (χ4v) is 6.80. The van der Waals surface area contributed by atoms with E-state index in [1.807, 2.05) is 24.3 Å². The molecule has 4 aliphatic rings. The topological polar surface area (TPSA) is 57.0 Å². The molecule has 4 heteroatoms. The van der Waals surface area contributed by atoms with Gasteiger partial charge in [0.1, 0.15) is 17.5 Å². The van der Waals surface area contributed by atoms with Crippen LogP contribution in [0.15, 0.2) is 87.6 Å². The number of anilines is 1. The summed E-state index contributed by atoms with van der Waals surface area (Å²) in [6.45, 7) is 12.5. The van der Waals surface area contributed by atoms with Crippen molar-refractivity contribution in [2.45, 2.75) is 53.9 Å². The lowest BCUT2D eigenvalue weighted by Crippen LogP contribution is -2.31. The van der Waals surface area contributed by atoms with Crippen LogP contribution in [0.25, 0.3) is 16.7 Å². The van der Waals surface area contributed by atoms with Gasteiger partial charge in [-0.05, 0) is 92.9 Å². The van der Waals surface area contributed by atoms with E-state index in [9.17, 15) is 10.1 Å². The summed E-state index contributed by atoms with van der Waals surface area (Å²) < 4.78 is 0. The smallest absolute Gasteiger partial charge is 0.196 e. The first-order chi connectivity index (χ1) is 18.8. The Bertz CT molecular complexity index is 1690. The fraction of sp³-hybridized carbons (Fsp3) is 0.286. The minimum absolute atomic E-state index is 0.0500. The number of aromatic nitrogens is 1. The lowest BCUT2D eigenvalue weighted by molar-refractivity contribution is 0.104. The Balaban J connectivity index is 1.70. The molecule has 1 aliphatic heterocycles. The molecule has 0 unspecified atom stereocenters. The Kier molecular flexibility index (Phi) is 6.11. The maximum absolute atomic E-state index is 14.0. The second-order valence-electron chi connectivity index (χ2n) is 11.1. The van der Waals surface area contributed by atoms with Crippen molar-refractivity contribution in [2.24, 2.45) is 0 Å². The van der Waals surface area contributed by atoms with Crippen molar-refractivity contribution < 1.29 is 4.79 Å². The van der Waals surface area contributed by atoms with Crippen molar-refractivity contribution in [1.82, 2.24) is 4.98 Å². The molecule has 194 valence electrons. The van der Waals surface area contributed by atoms with Crippen molar-refractivity contribution in [3.05, 3.63) is 110 Å². The number of fused-ring (bicyclic) bond motifs is 4. The first kappa shape index (κ1) is 25.1. The summed E-state index contributed by atoms with van der Waals surface area (Å²) in [4.78, 5) is 21.5. The SMILES string of the molecule is CC1=CC(C)=C2C(C)=C(c3nc(N4CCCCC4)c(C#N)c4c3C(=O)c3ccccc3-4)C=CC(C)=C2C(C)=C1.